The van der Waals surface area contributed by atoms with Crippen LogP contribution in [0.25, 0.3) is 0 Å². The Kier molecular flexibility index (Phi) is 9.40. The quantitative estimate of drug-likeness (QED) is 0.355. The maximum atomic E-state index is 10.2. The first-order valence-corrected chi connectivity index (χ1v) is 13.6. The lowest BCUT2D eigenvalue weighted by Gasteiger charge is -2.45. The van der Waals surface area contributed by atoms with Crippen LogP contribution in [0.4, 0.5) is 0 Å². The number of hydrogen-bond acceptors (Lipinski definition) is 1. The van der Waals surface area contributed by atoms with Crippen LogP contribution >= 0.6 is 0 Å². The van der Waals surface area contributed by atoms with Crippen LogP contribution in [-0.4, -0.2) is 0 Å². The molecule has 29 heavy (non-hydrogen) atoms. The molecule has 0 N–H and O–H groups in total. The number of nitrogens with zero attached hydrogens (tertiary/aromatic N) is 1. The van der Waals surface area contributed by atoms with Crippen molar-refractivity contribution in [1.82, 2.24) is 0 Å². The summed E-state index contributed by atoms with van der Waals surface area (Å²) in [7, 11) is 0. The van der Waals surface area contributed by atoms with Gasteiger partial charge in [0.25, 0.3) is 0 Å². The molecule has 166 valence electrons. The van der Waals surface area contributed by atoms with E-state index >= 15 is 0 Å². The van der Waals surface area contributed by atoms with E-state index < -0.39 is 0 Å². The molecule has 0 saturated heterocycles. The van der Waals surface area contributed by atoms with Gasteiger partial charge in [0.05, 0.1) is 11.5 Å². The first-order valence-electron chi connectivity index (χ1n) is 13.6. The molecular weight excluding hydrogens is 350 g/mol. The molecule has 3 aliphatic carbocycles. The highest BCUT2D eigenvalue weighted by Crippen LogP contribution is 2.52. The average Bonchev–Trinajstić information content (AvgIpc) is 2.79. The molecular formula is C28H49N. The van der Waals surface area contributed by atoms with Gasteiger partial charge in [-0.25, -0.2) is 0 Å². The molecule has 1 nitrogen and oxygen atoms in total. The number of rotatable bonds is 9. The molecule has 0 aliphatic heterocycles. The predicted octanol–water partition coefficient (Wildman–Crippen LogP) is 9.07. The molecule has 0 aromatic heterocycles. The van der Waals surface area contributed by atoms with E-state index in [4.69, 9.17) is 0 Å². The molecule has 3 saturated carbocycles. The topological polar surface area (TPSA) is 23.8 Å². The van der Waals surface area contributed by atoms with Gasteiger partial charge in [-0.2, -0.15) is 5.26 Å². The predicted molar refractivity (Wildman–Crippen MR) is 125 cm³/mol. The Labute approximate surface area is 182 Å². The Morgan fingerprint density at radius 1 is 0.690 bits per heavy atom. The third-order valence-electron chi connectivity index (χ3n) is 9.62. The van der Waals surface area contributed by atoms with Crippen LogP contribution in [0, 0.1) is 46.3 Å². The van der Waals surface area contributed by atoms with E-state index in [0.29, 0.717) is 5.92 Å². The molecule has 0 aromatic carbocycles. The van der Waals surface area contributed by atoms with Gasteiger partial charge in [0.1, 0.15) is 0 Å². The molecule has 0 aromatic rings. The Morgan fingerprint density at radius 2 is 1.28 bits per heavy atom. The molecule has 0 unspecified atom stereocenters. The summed E-state index contributed by atoms with van der Waals surface area (Å²) < 4.78 is 0. The van der Waals surface area contributed by atoms with Crippen molar-refractivity contribution in [1.29, 1.82) is 5.26 Å². The van der Waals surface area contributed by atoms with Crippen LogP contribution < -0.4 is 0 Å². The summed E-state index contributed by atoms with van der Waals surface area (Å²) in [5.74, 6) is 4.61. The Balaban J connectivity index is 1.40. The molecule has 0 radical (unpaired) electrons. The van der Waals surface area contributed by atoms with Crippen molar-refractivity contribution in [3.63, 3.8) is 0 Å². The summed E-state index contributed by atoms with van der Waals surface area (Å²) in [5, 5.41) is 10.2. The second-order valence-electron chi connectivity index (χ2n) is 11.2. The molecule has 0 heterocycles. The molecule has 3 aliphatic rings. The maximum absolute atomic E-state index is 10.2. The standard InChI is InChI=1S/C28H49N/c1-3-5-6-7-8-9-24-12-16-27(17-13-24)28(22-29)20-18-26(19-21-28)25-14-10-23(4-2)11-15-25/h23-27H,3-21H2,1-2H3/t23?,24?,25?,26-,27?,28-. The summed E-state index contributed by atoms with van der Waals surface area (Å²) in [6.45, 7) is 4.67. The second-order valence-corrected chi connectivity index (χ2v) is 11.2. The highest BCUT2D eigenvalue weighted by Gasteiger charge is 2.44. The minimum Gasteiger partial charge on any atom is -0.198 e. The molecule has 0 bridgehead atoms. The zero-order valence-corrected chi connectivity index (χ0v) is 19.8. The molecule has 0 spiro atoms. The van der Waals surface area contributed by atoms with Crippen molar-refractivity contribution in [2.75, 3.05) is 0 Å². The fourth-order valence-electron chi connectivity index (χ4n) is 7.35. The normalized spacial score (nSPS) is 38.4. The zero-order valence-electron chi connectivity index (χ0n) is 19.8. The Hall–Kier alpha value is -0.510. The molecule has 0 atom stereocenters. The third kappa shape index (κ3) is 6.24. The van der Waals surface area contributed by atoms with E-state index in [1.165, 1.54) is 122 Å². The van der Waals surface area contributed by atoms with Crippen LogP contribution in [-0.2, 0) is 0 Å². The number of unbranched alkanes of at least 4 members (excludes halogenated alkanes) is 4. The lowest BCUT2D eigenvalue weighted by molar-refractivity contribution is 0.0605. The van der Waals surface area contributed by atoms with E-state index in [-0.39, 0.29) is 5.41 Å². The Bertz CT molecular complexity index is 479. The highest BCUT2D eigenvalue weighted by atomic mass is 14.5. The van der Waals surface area contributed by atoms with Crippen LogP contribution in [0.1, 0.15) is 136 Å². The van der Waals surface area contributed by atoms with Crippen molar-refractivity contribution in [3.8, 4) is 6.07 Å². The zero-order chi connectivity index (χ0) is 20.5. The molecule has 3 rings (SSSR count). The summed E-state index contributed by atoms with van der Waals surface area (Å²) in [5.41, 5.74) is 0.0449. The van der Waals surface area contributed by atoms with E-state index in [1.54, 1.807) is 0 Å². The van der Waals surface area contributed by atoms with Gasteiger partial charge in [-0.3, -0.25) is 0 Å². The summed E-state index contributed by atoms with van der Waals surface area (Å²) in [6.07, 6.45) is 26.5. The van der Waals surface area contributed by atoms with Crippen molar-refractivity contribution < 1.29 is 0 Å². The second kappa shape index (κ2) is 11.8. The van der Waals surface area contributed by atoms with Crippen LogP contribution in [0.3, 0.4) is 0 Å². The largest absolute Gasteiger partial charge is 0.198 e. The summed E-state index contributed by atoms with van der Waals surface area (Å²) in [6, 6.07) is 2.91. The summed E-state index contributed by atoms with van der Waals surface area (Å²) >= 11 is 0. The Morgan fingerprint density at radius 3 is 1.86 bits per heavy atom. The van der Waals surface area contributed by atoms with Gasteiger partial charge in [0, 0.05) is 0 Å². The van der Waals surface area contributed by atoms with E-state index in [1.807, 2.05) is 0 Å². The first-order chi connectivity index (χ1) is 14.2. The monoisotopic (exact) mass is 399 g/mol. The van der Waals surface area contributed by atoms with Crippen molar-refractivity contribution in [2.45, 2.75) is 136 Å². The molecule has 0 amide bonds. The van der Waals surface area contributed by atoms with Gasteiger partial charge < -0.3 is 0 Å². The molecule has 1 heteroatoms. The number of nitriles is 1. The lowest BCUT2D eigenvalue weighted by Crippen LogP contribution is -2.38. The van der Waals surface area contributed by atoms with Crippen LogP contribution in [0.2, 0.25) is 0 Å². The fourth-order valence-corrected chi connectivity index (χ4v) is 7.35. The third-order valence-corrected chi connectivity index (χ3v) is 9.62. The van der Waals surface area contributed by atoms with Gasteiger partial charge in [-0.1, -0.05) is 84.5 Å². The number of hydrogen-bond donors (Lipinski definition) is 0. The van der Waals surface area contributed by atoms with E-state index in [2.05, 4.69) is 19.9 Å². The minimum atomic E-state index is 0.0449. The van der Waals surface area contributed by atoms with Gasteiger partial charge in [-0.05, 0) is 81.0 Å². The minimum absolute atomic E-state index is 0.0449. The van der Waals surface area contributed by atoms with Crippen molar-refractivity contribution in [3.05, 3.63) is 0 Å². The van der Waals surface area contributed by atoms with Crippen molar-refractivity contribution >= 4 is 0 Å². The summed E-state index contributed by atoms with van der Waals surface area (Å²) in [4.78, 5) is 0. The average molecular weight is 400 g/mol. The van der Waals surface area contributed by atoms with E-state index in [9.17, 15) is 5.26 Å². The smallest absolute Gasteiger partial charge is 0.0692 e. The SMILES string of the molecule is CCCCCCCC1CCC([C@]2(C#N)CC[C@@H](C3CCC(CC)CC3)CC2)CC1. The van der Waals surface area contributed by atoms with Gasteiger partial charge in [-0.15, -0.1) is 0 Å². The maximum Gasteiger partial charge on any atom is 0.0692 e. The van der Waals surface area contributed by atoms with Crippen LogP contribution in [0.5, 0.6) is 0 Å². The lowest BCUT2D eigenvalue weighted by atomic mass is 9.57. The van der Waals surface area contributed by atoms with Crippen molar-refractivity contribution in [2.24, 2.45) is 35.0 Å². The van der Waals surface area contributed by atoms with Gasteiger partial charge in [0.2, 0.25) is 0 Å². The highest BCUT2D eigenvalue weighted by molar-refractivity contribution is 5.06. The van der Waals surface area contributed by atoms with E-state index in [0.717, 1.165) is 23.7 Å². The molecule has 3 fully saturated rings. The first kappa shape index (κ1) is 23.2. The van der Waals surface area contributed by atoms with Gasteiger partial charge >= 0.3 is 0 Å². The van der Waals surface area contributed by atoms with Gasteiger partial charge in [0.15, 0.2) is 0 Å². The van der Waals surface area contributed by atoms with Crippen LogP contribution in [0.15, 0.2) is 0 Å². The fraction of sp³-hybridized carbons (Fsp3) is 0.964.